The lowest BCUT2D eigenvalue weighted by molar-refractivity contribution is -0.169. The van der Waals surface area contributed by atoms with Crippen LogP contribution in [-0.2, 0) is 9.47 Å². The number of nitrogens with zero attached hydrogens (tertiary/aromatic N) is 3. The van der Waals surface area contributed by atoms with Crippen LogP contribution in [0.2, 0.25) is 0 Å². The quantitative estimate of drug-likeness (QED) is 0.827. The molecule has 1 aromatic rings. The molecule has 1 aromatic heterocycles. The molecule has 0 N–H and O–H groups in total. The highest BCUT2D eigenvalue weighted by molar-refractivity contribution is 5.94. The molecule has 24 heavy (non-hydrogen) atoms. The van der Waals surface area contributed by atoms with Crippen molar-refractivity contribution in [2.75, 3.05) is 44.8 Å². The van der Waals surface area contributed by atoms with E-state index in [2.05, 4.69) is 16.8 Å². The van der Waals surface area contributed by atoms with Crippen LogP contribution in [0.4, 0.5) is 5.69 Å². The summed E-state index contributed by atoms with van der Waals surface area (Å²) in [6, 6.07) is 1.95. The normalized spacial score (nSPS) is 19.7. The van der Waals surface area contributed by atoms with Crippen molar-refractivity contribution in [1.82, 2.24) is 9.88 Å². The Hall–Kier alpha value is -1.66. The maximum Gasteiger partial charge on any atom is 0.255 e. The lowest BCUT2D eigenvalue weighted by atomic mass is 10.0. The summed E-state index contributed by atoms with van der Waals surface area (Å²) in [5, 5.41) is 0. The SMILES string of the molecule is CCCCN(C)C(=O)c1cncc(N2CCC3(CC2)OCCO3)c1. The smallest absolute Gasteiger partial charge is 0.255 e. The fourth-order valence-electron chi connectivity index (χ4n) is 3.33. The number of hydrogen-bond acceptors (Lipinski definition) is 5. The van der Waals surface area contributed by atoms with E-state index < -0.39 is 0 Å². The van der Waals surface area contributed by atoms with Crippen molar-refractivity contribution < 1.29 is 14.3 Å². The minimum Gasteiger partial charge on any atom is -0.370 e. The third kappa shape index (κ3) is 3.70. The average Bonchev–Trinajstić information content (AvgIpc) is 3.07. The second-order valence-electron chi connectivity index (χ2n) is 6.61. The van der Waals surface area contributed by atoms with E-state index in [0.717, 1.165) is 51.0 Å². The van der Waals surface area contributed by atoms with Gasteiger partial charge in [-0.2, -0.15) is 0 Å². The molecule has 132 valence electrons. The van der Waals surface area contributed by atoms with Gasteiger partial charge < -0.3 is 19.3 Å². The maximum absolute atomic E-state index is 12.5. The molecule has 1 spiro atoms. The van der Waals surface area contributed by atoms with E-state index in [1.807, 2.05) is 19.3 Å². The van der Waals surface area contributed by atoms with Gasteiger partial charge in [-0.3, -0.25) is 9.78 Å². The zero-order chi connectivity index (χ0) is 17.0. The number of pyridine rings is 1. The predicted molar refractivity (Wildman–Crippen MR) is 92.2 cm³/mol. The number of rotatable bonds is 5. The summed E-state index contributed by atoms with van der Waals surface area (Å²) < 4.78 is 11.5. The molecule has 0 aliphatic carbocycles. The molecule has 6 nitrogen and oxygen atoms in total. The van der Waals surface area contributed by atoms with Gasteiger partial charge in [0.1, 0.15) is 0 Å². The number of aromatic nitrogens is 1. The van der Waals surface area contributed by atoms with E-state index in [1.54, 1.807) is 11.1 Å². The van der Waals surface area contributed by atoms with Crippen molar-refractivity contribution in [3.05, 3.63) is 24.0 Å². The largest absolute Gasteiger partial charge is 0.370 e. The molecule has 0 aromatic carbocycles. The molecule has 2 aliphatic rings. The van der Waals surface area contributed by atoms with Gasteiger partial charge in [-0.05, 0) is 12.5 Å². The molecule has 3 rings (SSSR count). The highest BCUT2D eigenvalue weighted by atomic mass is 16.7. The van der Waals surface area contributed by atoms with Crippen molar-refractivity contribution in [1.29, 1.82) is 0 Å². The Labute approximate surface area is 143 Å². The summed E-state index contributed by atoms with van der Waals surface area (Å²) in [5.41, 5.74) is 1.65. The van der Waals surface area contributed by atoms with Gasteiger partial charge in [-0.25, -0.2) is 0 Å². The number of piperidine rings is 1. The standard InChI is InChI=1S/C18H27N3O3/c1-3-4-7-20(2)17(22)15-12-16(14-19-13-15)21-8-5-18(6-9-21)23-10-11-24-18/h12-14H,3-11H2,1-2H3. The van der Waals surface area contributed by atoms with Gasteiger partial charge >= 0.3 is 0 Å². The van der Waals surface area contributed by atoms with Crippen LogP contribution >= 0.6 is 0 Å². The van der Waals surface area contributed by atoms with E-state index in [-0.39, 0.29) is 11.7 Å². The summed E-state index contributed by atoms with van der Waals surface area (Å²) in [5.74, 6) is -0.341. The molecule has 3 heterocycles. The van der Waals surface area contributed by atoms with E-state index in [1.165, 1.54) is 0 Å². The van der Waals surface area contributed by atoms with Gasteiger partial charge in [-0.1, -0.05) is 13.3 Å². The van der Waals surface area contributed by atoms with Crippen molar-refractivity contribution in [2.24, 2.45) is 0 Å². The molecule has 0 atom stereocenters. The molecule has 0 radical (unpaired) electrons. The van der Waals surface area contributed by atoms with Crippen LogP contribution in [0.3, 0.4) is 0 Å². The fourth-order valence-corrected chi connectivity index (χ4v) is 3.33. The summed E-state index contributed by atoms with van der Waals surface area (Å²) in [7, 11) is 1.85. The van der Waals surface area contributed by atoms with Gasteiger partial charge in [0, 0.05) is 45.7 Å². The number of unbranched alkanes of at least 4 members (excludes halogenated alkanes) is 1. The minimum atomic E-state index is -0.377. The van der Waals surface area contributed by atoms with E-state index in [4.69, 9.17) is 9.47 Å². The van der Waals surface area contributed by atoms with Crippen LogP contribution in [0, 0.1) is 0 Å². The Kier molecular flexibility index (Phi) is 5.36. The zero-order valence-electron chi connectivity index (χ0n) is 14.7. The molecule has 2 aliphatic heterocycles. The molecule has 0 saturated carbocycles. The van der Waals surface area contributed by atoms with Gasteiger partial charge in [0.2, 0.25) is 0 Å². The fraction of sp³-hybridized carbons (Fsp3) is 0.667. The van der Waals surface area contributed by atoms with Crippen molar-refractivity contribution in [3.63, 3.8) is 0 Å². The Morgan fingerprint density at radius 3 is 2.67 bits per heavy atom. The maximum atomic E-state index is 12.5. The van der Waals surface area contributed by atoms with E-state index in [9.17, 15) is 4.79 Å². The lowest BCUT2D eigenvalue weighted by Crippen LogP contribution is -2.45. The van der Waals surface area contributed by atoms with Crippen molar-refractivity contribution >= 4 is 11.6 Å². The number of carbonyl (C=O) groups is 1. The van der Waals surface area contributed by atoms with Gasteiger partial charge in [0.25, 0.3) is 5.91 Å². The molecule has 6 heteroatoms. The first-order valence-electron chi connectivity index (χ1n) is 8.87. The highest BCUT2D eigenvalue weighted by Gasteiger charge is 2.39. The van der Waals surface area contributed by atoms with Crippen LogP contribution in [0.15, 0.2) is 18.5 Å². The molecule has 0 bridgehead atoms. The number of hydrogen-bond donors (Lipinski definition) is 0. The van der Waals surface area contributed by atoms with Crippen molar-refractivity contribution in [2.45, 2.75) is 38.4 Å². The van der Waals surface area contributed by atoms with Crippen LogP contribution in [-0.4, -0.2) is 61.5 Å². The Bertz CT molecular complexity index is 562. The predicted octanol–water partition coefficient (Wildman–Crippen LogP) is 2.30. The summed E-state index contributed by atoms with van der Waals surface area (Å²) in [6.07, 6.45) is 7.28. The third-order valence-electron chi connectivity index (χ3n) is 4.87. The highest BCUT2D eigenvalue weighted by Crippen LogP contribution is 2.33. The number of carbonyl (C=O) groups excluding carboxylic acids is 1. The second kappa shape index (κ2) is 7.49. The first kappa shape index (κ1) is 17.2. The molecule has 2 saturated heterocycles. The summed E-state index contributed by atoms with van der Waals surface area (Å²) in [4.78, 5) is 20.8. The van der Waals surface area contributed by atoms with Crippen molar-refractivity contribution in [3.8, 4) is 0 Å². The molecule has 1 amide bonds. The Morgan fingerprint density at radius 2 is 2.00 bits per heavy atom. The zero-order valence-corrected chi connectivity index (χ0v) is 14.7. The van der Waals surface area contributed by atoms with Gasteiger partial charge in [0.15, 0.2) is 5.79 Å². The minimum absolute atomic E-state index is 0.0359. The monoisotopic (exact) mass is 333 g/mol. The van der Waals surface area contributed by atoms with Gasteiger partial charge in [-0.15, -0.1) is 0 Å². The Morgan fingerprint density at radius 1 is 1.29 bits per heavy atom. The van der Waals surface area contributed by atoms with Crippen LogP contribution in [0.5, 0.6) is 0 Å². The summed E-state index contributed by atoms with van der Waals surface area (Å²) in [6.45, 7) is 5.99. The van der Waals surface area contributed by atoms with E-state index >= 15 is 0 Å². The number of amides is 1. The molecule has 0 unspecified atom stereocenters. The number of ether oxygens (including phenoxy) is 2. The first-order valence-corrected chi connectivity index (χ1v) is 8.87. The second-order valence-corrected chi connectivity index (χ2v) is 6.61. The number of anilines is 1. The molecular formula is C18H27N3O3. The van der Waals surface area contributed by atoms with Crippen LogP contribution in [0.1, 0.15) is 43.0 Å². The Balaban J connectivity index is 1.64. The topological polar surface area (TPSA) is 54.9 Å². The van der Waals surface area contributed by atoms with Gasteiger partial charge in [0.05, 0.1) is 30.7 Å². The van der Waals surface area contributed by atoms with Crippen LogP contribution < -0.4 is 4.90 Å². The lowest BCUT2D eigenvalue weighted by Gasteiger charge is -2.38. The van der Waals surface area contributed by atoms with Crippen LogP contribution in [0.25, 0.3) is 0 Å². The first-order chi connectivity index (χ1) is 11.6. The summed E-state index contributed by atoms with van der Waals surface area (Å²) >= 11 is 0. The average molecular weight is 333 g/mol. The molecule has 2 fully saturated rings. The molecular weight excluding hydrogens is 306 g/mol. The van der Waals surface area contributed by atoms with E-state index in [0.29, 0.717) is 18.8 Å². The third-order valence-corrected chi connectivity index (χ3v) is 4.87.